The van der Waals surface area contributed by atoms with E-state index in [1.807, 2.05) is 0 Å². The van der Waals surface area contributed by atoms with Crippen molar-refractivity contribution in [3.8, 4) is 12.0 Å². The highest BCUT2D eigenvalue weighted by Gasteiger charge is 1.88. The molecule has 0 unspecified atom stereocenters. The highest BCUT2D eigenvalue weighted by molar-refractivity contribution is 5.82. The Morgan fingerprint density at radius 3 is 2.92 bits per heavy atom. The first-order valence-electron chi connectivity index (χ1n) is 4.12. The van der Waals surface area contributed by atoms with Gasteiger partial charge in [0.1, 0.15) is 6.11 Å². The van der Waals surface area contributed by atoms with Crippen LogP contribution >= 0.6 is 0 Å². The smallest absolute Gasteiger partial charge is 0.344 e. The molecule has 2 heteroatoms. The molecule has 0 aliphatic heterocycles. The normalized spacial score (nSPS) is 8.08. The van der Waals surface area contributed by atoms with Gasteiger partial charge in [0.15, 0.2) is 0 Å². The van der Waals surface area contributed by atoms with Crippen molar-refractivity contribution in [3.05, 3.63) is 12.7 Å². The standard InChI is InChI=1S/C10H14O2/c1-3-5-6-7-8-9-12-10(11)4-2/h4H,2-3,5-7H2,1H3. The topological polar surface area (TPSA) is 26.3 Å². The number of esters is 1. The monoisotopic (exact) mass is 166 g/mol. The first kappa shape index (κ1) is 10.8. The maximum Gasteiger partial charge on any atom is 0.344 e. The number of carbonyl (C=O) groups is 1. The van der Waals surface area contributed by atoms with Crippen LogP contribution < -0.4 is 0 Å². The molecule has 66 valence electrons. The molecule has 0 atom stereocenters. The molecule has 0 bridgehead atoms. The second kappa shape index (κ2) is 7.87. The van der Waals surface area contributed by atoms with E-state index in [0.29, 0.717) is 0 Å². The molecule has 0 saturated heterocycles. The minimum atomic E-state index is -0.488. The lowest BCUT2D eigenvalue weighted by Gasteiger charge is -1.88. The molecule has 0 radical (unpaired) electrons. The average Bonchev–Trinajstić information content (AvgIpc) is 2.10. The van der Waals surface area contributed by atoms with Gasteiger partial charge in [-0.3, -0.25) is 0 Å². The molecule has 0 rings (SSSR count). The third kappa shape index (κ3) is 6.88. The Kier molecular flexibility index (Phi) is 7.07. The van der Waals surface area contributed by atoms with Crippen LogP contribution in [0, 0.1) is 12.0 Å². The summed E-state index contributed by atoms with van der Waals surface area (Å²) in [6, 6.07) is 0. The fourth-order valence-corrected chi connectivity index (χ4v) is 0.642. The molecule has 0 aliphatic rings. The van der Waals surface area contributed by atoms with Gasteiger partial charge in [-0.25, -0.2) is 4.79 Å². The SMILES string of the molecule is C=CC(=O)OC#CCCCCC. The van der Waals surface area contributed by atoms with Crippen molar-refractivity contribution in [2.45, 2.75) is 32.6 Å². The van der Waals surface area contributed by atoms with Crippen LogP contribution in [-0.4, -0.2) is 5.97 Å². The van der Waals surface area contributed by atoms with Gasteiger partial charge in [0.25, 0.3) is 0 Å². The first-order valence-corrected chi connectivity index (χ1v) is 4.12. The van der Waals surface area contributed by atoms with Gasteiger partial charge in [-0.2, -0.15) is 0 Å². The van der Waals surface area contributed by atoms with Gasteiger partial charge in [-0.05, 0) is 6.42 Å². The number of rotatable bonds is 4. The zero-order valence-electron chi connectivity index (χ0n) is 7.43. The largest absolute Gasteiger partial charge is 0.369 e. The molecule has 0 spiro atoms. The summed E-state index contributed by atoms with van der Waals surface area (Å²) < 4.78 is 4.45. The third-order valence-corrected chi connectivity index (χ3v) is 1.30. The Morgan fingerprint density at radius 1 is 1.58 bits per heavy atom. The Balaban J connectivity index is 3.34. The molecule has 0 N–H and O–H groups in total. The van der Waals surface area contributed by atoms with Gasteiger partial charge in [0, 0.05) is 12.5 Å². The molecule has 0 aromatic rings. The zero-order valence-corrected chi connectivity index (χ0v) is 7.43. The Bertz CT molecular complexity index is 196. The van der Waals surface area contributed by atoms with E-state index in [1.165, 1.54) is 12.8 Å². The fraction of sp³-hybridized carbons (Fsp3) is 0.500. The molecule has 0 heterocycles. The number of carbonyl (C=O) groups excluding carboxylic acids is 1. The van der Waals surface area contributed by atoms with Gasteiger partial charge in [-0.15, -0.1) is 0 Å². The van der Waals surface area contributed by atoms with Crippen LogP contribution in [0.3, 0.4) is 0 Å². The van der Waals surface area contributed by atoms with Crippen molar-refractivity contribution >= 4 is 5.97 Å². The maximum atomic E-state index is 10.5. The van der Waals surface area contributed by atoms with Crippen molar-refractivity contribution in [2.75, 3.05) is 0 Å². The van der Waals surface area contributed by atoms with E-state index in [4.69, 9.17) is 0 Å². The molecule has 0 fully saturated rings. The van der Waals surface area contributed by atoms with E-state index in [-0.39, 0.29) is 0 Å². The quantitative estimate of drug-likeness (QED) is 0.277. The summed E-state index contributed by atoms with van der Waals surface area (Å²) in [4.78, 5) is 10.5. The Labute approximate surface area is 73.6 Å². The van der Waals surface area contributed by atoms with Gasteiger partial charge < -0.3 is 4.74 Å². The third-order valence-electron chi connectivity index (χ3n) is 1.30. The minimum Gasteiger partial charge on any atom is -0.369 e. The molecule has 2 nitrogen and oxygen atoms in total. The first-order chi connectivity index (χ1) is 5.81. The summed E-state index contributed by atoms with van der Waals surface area (Å²) in [5, 5.41) is 0. The predicted molar refractivity (Wildman–Crippen MR) is 48.2 cm³/mol. The van der Waals surface area contributed by atoms with Crippen LogP contribution in [0.2, 0.25) is 0 Å². The highest BCUT2D eigenvalue weighted by atomic mass is 16.5. The average molecular weight is 166 g/mol. The lowest BCUT2D eigenvalue weighted by atomic mass is 10.2. The van der Waals surface area contributed by atoms with Crippen LogP contribution in [0.5, 0.6) is 0 Å². The molecular formula is C10H14O2. The van der Waals surface area contributed by atoms with E-state index in [1.54, 1.807) is 0 Å². The Hall–Kier alpha value is -1.23. The summed E-state index contributed by atoms with van der Waals surface area (Å²) >= 11 is 0. The second-order valence-electron chi connectivity index (χ2n) is 2.36. The molecule has 0 aliphatic carbocycles. The lowest BCUT2D eigenvalue weighted by Crippen LogP contribution is -1.92. The van der Waals surface area contributed by atoms with Crippen molar-refractivity contribution < 1.29 is 9.53 Å². The van der Waals surface area contributed by atoms with Gasteiger partial charge >= 0.3 is 5.97 Å². The van der Waals surface area contributed by atoms with Crippen LogP contribution in [0.4, 0.5) is 0 Å². The van der Waals surface area contributed by atoms with E-state index < -0.39 is 5.97 Å². The highest BCUT2D eigenvalue weighted by Crippen LogP contribution is 1.96. The summed E-state index contributed by atoms with van der Waals surface area (Å²) in [5.41, 5.74) is 0. The molecule has 12 heavy (non-hydrogen) atoms. The summed E-state index contributed by atoms with van der Waals surface area (Å²) in [6.45, 7) is 5.38. The number of hydrogen-bond donors (Lipinski definition) is 0. The predicted octanol–water partition coefficient (Wildman–Crippen LogP) is 2.26. The van der Waals surface area contributed by atoms with Crippen LogP contribution in [0.15, 0.2) is 12.7 Å². The molecule has 0 saturated carbocycles. The van der Waals surface area contributed by atoms with Crippen LogP contribution in [0.25, 0.3) is 0 Å². The zero-order chi connectivity index (χ0) is 9.23. The number of unbranched alkanes of at least 4 members (excludes halogenated alkanes) is 3. The number of hydrogen-bond acceptors (Lipinski definition) is 2. The summed E-state index contributed by atoms with van der Waals surface area (Å²) in [7, 11) is 0. The fourth-order valence-electron chi connectivity index (χ4n) is 0.642. The number of ether oxygens (including phenoxy) is 1. The van der Waals surface area contributed by atoms with Crippen LogP contribution in [0.1, 0.15) is 32.6 Å². The maximum absolute atomic E-state index is 10.5. The van der Waals surface area contributed by atoms with E-state index >= 15 is 0 Å². The second-order valence-corrected chi connectivity index (χ2v) is 2.36. The van der Waals surface area contributed by atoms with Gasteiger partial charge in [0.2, 0.25) is 0 Å². The Morgan fingerprint density at radius 2 is 2.33 bits per heavy atom. The molecular weight excluding hydrogens is 152 g/mol. The van der Waals surface area contributed by atoms with Crippen molar-refractivity contribution in [2.24, 2.45) is 0 Å². The van der Waals surface area contributed by atoms with Crippen molar-refractivity contribution in [1.82, 2.24) is 0 Å². The molecule has 0 aromatic heterocycles. The molecule has 0 amide bonds. The summed E-state index contributed by atoms with van der Waals surface area (Å²) in [5.74, 6) is 2.26. The van der Waals surface area contributed by atoms with Gasteiger partial charge in [-0.1, -0.05) is 32.3 Å². The lowest BCUT2D eigenvalue weighted by molar-refractivity contribution is -0.131. The van der Waals surface area contributed by atoms with E-state index in [0.717, 1.165) is 18.9 Å². The summed E-state index contributed by atoms with van der Waals surface area (Å²) in [6.07, 6.45) is 7.62. The van der Waals surface area contributed by atoms with Gasteiger partial charge in [0.05, 0.1) is 0 Å². The minimum absolute atomic E-state index is 0.488. The van der Waals surface area contributed by atoms with Crippen LogP contribution in [-0.2, 0) is 9.53 Å². The van der Waals surface area contributed by atoms with Crippen molar-refractivity contribution in [3.63, 3.8) is 0 Å². The van der Waals surface area contributed by atoms with Crippen molar-refractivity contribution in [1.29, 1.82) is 0 Å². The molecule has 0 aromatic carbocycles. The van der Waals surface area contributed by atoms with E-state index in [9.17, 15) is 4.79 Å². The van der Waals surface area contributed by atoms with E-state index in [2.05, 4.69) is 30.3 Å².